The maximum absolute atomic E-state index is 12.8. The molecular weight excluding hydrogens is 474 g/mol. The fourth-order valence-electron chi connectivity index (χ4n) is 2.85. The Morgan fingerprint density at radius 3 is 2.03 bits per heavy atom. The van der Waals surface area contributed by atoms with Gasteiger partial charge in [-0.05, 0) is 50.2 Å². The van der Waals surface area contributed by atoms with Gasteiger partial charge in [0, 0.05) is 29.2 Å². The minimum absolute atomic E-state index is 0.0326. The Hall–Kier alpha value is -3.78. The minimum atomic E-state index is -4.28. The Kier molecular flexibility index (Phi) is 6.51. The smallest absolute Gasteiger partial charge is 0.271 e. The van der Waals surface area contributed by atoms with Crippen molar-refractivity contribution in [2.24, 2.45) is 0 Å². The molecule has 0 amide bonds. The molecule has 12 nitrogen and oxygen atoms in total. The van der Waals surface area contributed by atoms with Crippen molar-refractivity contribution in [2.45, 2.75) is 23.6 Å². The number of benzene rings is 2. The number of non-ortho nitro benzene ring substituents is 1. The highest BCUT2D eigenvalue weighted by Gasteiger charge is 2.24. The Morgan fingerprint density at radius 1 is 0.879 bits per heavy atom. The van der Waals surface area contributed by atoms with Gasteiger partial charge in [-0.25, -0.2) is 31.5 Å². The third-order valence-electron chi connectivity index (χ3n) is 4.27. The van der Waals surface area contributed by atoms with E-state index >= 15 is 0 Å². The molecule has 0 atom stereocenters. The molecule has 1 aromatic heterocycles. The summed E-state index contributed by atoms with van der Waals surface area (Å²) in [7, 11) is -7.09. The fourth-order valence-corrected chi connectivity index (χ4v) is 5.04. The second kappa shape index (κ2) is 8.99. The van der Waals surface area contributed by atoms with Crippen LogP contribution in [0.15, 0.2) is 58.3 Å². The molecule has 0 saturated heterocycles. The molecule has 2 N–H and O–H groups in total. The number of ether oxygens (including phenoxy) is 1. The van der Waals surface area contributed by atoms with E-state index in [9.17, 15) is 26.9 Å². The van der Waals surface area contributed by atoms with Crippen LogP contribution in [-0.4, -0.2) is 38.8 Å². The third kappa shape index (κ3) is 5.53. The van der Waals surface area contributed by atoms with E-state index < -0.39 is 35.6 Å². The Morgan fingerprint density at radius 2 is 1.48 bits per heavy atom. The van der Waals surface area contributed by atoms with Crippen LogP contribution in [0.4, 0.5) is 17.3 Å². The number of methoxy groups -OCH3 is 1. The van der Waals surface area contributed by atoms with Gasteiger partial charge >= 0.3 is 0 Å². The maximum atomic E-state index is 12.8. The average molecular weight is 494 g/mol. The summed E-state index contributed by atoms with van der Waals surface area (Å²) in [6, 6.07) is 9.69. The Labute approximate surface area is 189 Å². The van der Waals surface area contributed by atoms with Gasteiger partial charge < -0.3 is 4.74 Å². The van der Waals surface area contributed by atoms with Gasteiger partial charge in [0.15, 0.2) is 0 Å². The summed E-state index contributed by atoms with van der Waals surface area (Å²) in [5, 5.41) is 11.0. The van der Waals surface area contributed by atoms with E-state index in [4.69, 9.17) is 4.74 Å². The number of sulfonamides is 2. The quantitative estimate of drug-likeness (QED) is 0.353. The number of rotatable bonds is 8. The summed E-state index contributed by atoms with van der Waals surface area (Å²) >= 11 is 0. The first kappa shape index (κ1) is 23.9. The number of aromatic nitrogens is 2. The lowest BCUT2D eigenvalue weighted by atomic mass is 10.3. The molecule has 0 spiro atoms. The summed E-state index contributed by atoms with van der Waals surface area (Å²) < 4.78 is 60.3. The first-order chi connectivity index (χ1) is 15.4. The third-order valence-corrected chi connectivity index (χ3v) is 7.02. The van der Waals surface area contributed by atoms with Gasteiger partial charge in [-0.2, -0.15) is 0 Å². The number of nitro benzene ring substituents is 1. The fraction of sp³-hybridized carbons (Fsp3) is 0.158. The zero-order valence-corrected chi connectivity index (χ0v) is 19.3. The molecule has 174 valence electrons. The highest BCUT2D eigenvalue weighted by molar-refractivity contribution is 7.93. The standard InChI is InChI=1S/C19H19N5O7S2/c1-12-10-13(2)21-19(20-12)23-32(27,28)16-7-4-14(5-8-16)22-33(29,30)18-11-15(24(25)26)6-9-17(18)31-3/h4-11,22H,1-3H3,(H,20,21,23). The van der Waals surface area contributed by atoms with Crippen LogP contribution in [0.2, 0.25) is 0 Å². The predicted molar refractivity (Wildman–Crippen MR) is 119 cm³/mol. The lowest BCUT2D eigenvalue weighted by Crippen LogP contribution is -2.16. The first-order valence-electron chi connectivity index (χ1n) is 9.22. The van der Waals surface area contributed by atoms with E-state index in [1.54, 1.807) is 19.9 Å². The summed E-state index contributed by atoms with van der Waals surface area (Å²) in [5.74, 6) is -0.181. The maximum Gasteiger partial charge on any atom is 0.271 e. The number of anilines is 2. The van der Waals surface area contributed by atoms with Gasteiger partial charge in [0.2, 0.25) is 5.95 Å². The van der Waals surface area contributed by atoms with E-state index in [-0.39, 0.29) is 22.3 Å². The lowest BCUT2D eigenvalue weighted by molar-refractivity contribution is -0.385. The highest BCUT2D eigenvalue weighted by atomic mass is 32.2. The van der Waals surface area contributed by atoms with E-state index in [0.717, 1.165) is 12.1 Å². The molecule has 0 fully saturated rings. The summed E-state index contributed by atoms with van der Waals surface area (Å²) in [6.45, 7) is 3.40. The molecule has 0 aliphatic heterocycles. The van der Waals surface area contributed by atoms with E-state index in [2.05, 4.69) is 19.4 Å². The SMILES string of the molecule is COc1ccc([N+](=O)[O-])cc1S(=O)(=O)Nc1ccc(S(=O)(=O)Nc2nc(C)cc(C)n2)cc1. The number of nitrogens with one attached hydrogen (secondary N) is 2. The van der Waals surface area contributed by atoms with Crippen molar-refractivity contribution in [3.63, 3.8) is 0 Å². The predicted octanol–water partition coefficient (Wildman–Crippen LogP) is 2.61. The molecule has 0 unspecified atom stereocenters. The number of nitrogens with zero attached hydrogens (tertiary/aromatic N) is 3. The molecule has 14 heteroatoms. The molecule has 0 radical (unpaired) electrons. The van der Waals surface area contributed by atoms with Crippen molar-refractivity contribution in [3.8, 4) is 5.75 Å². The lowest BCUT2D eigenvalue weighted by Gasteiger charge is -2.12. The van der Waals surface area contributed by atoms with Crippen LogP contribution in [0.25, 0.3) is 0 Å². The molecular formula is C19H19N5O7S2. The highest BCUT2D eigenvalue weighted by Crippen LogP contribution is 2.30. The molecule has 0 aliphatic rings. The van der Waals surface area contributed by atoms with E-state index in [1.807, 2.05) is 0 Å². The largest absolute Gasteiger partial charge is 0.495 e. The van der Waals surface area contributed by atoms with Crippen molar-refractivity contribution in [2.75, 3.05) is 16.6 Å². The van der Waals surface area contributed by atoms with Crippen molar-refractivity contribution in [3.05, 3.63) is 70.0 Å². The molecule has 0 saturated carbocycles. The van der Waals surface area contributed by atoms with Crippen molar-refractivity contribution in [1.29, 1.82) is 0 Å². The Bertz CT molecular complexity index is 1400. The number of nitro groups is 1. The second-order valence-electron chi connectivity index (χ2n) is 6.80. The molecule has 3 aromatic rings. The normalized spacial score (nSPS) is 11.6. The van der Waals surface area contributed by atoms with Gasteiger partial charge in [-0.3, -0.25) is 14.8 Å². The average Bonchev–Trinajstić information content (AvgIpc) is 2.72. The summed E-state index contributed by atoms with van der Waals surface area (Å²) in [6.07, 6.45) is 0. The van der Waals surface area contributed by atoms with Crippen LogP contribution in [0.3, 0.4) is 0 Å². The molecule has 1 heterocycles. The van der Waals surface area contributed by atoms with E-state index in [1.165, 1.54) is 37.4 Å². The second-order valence-corrected chi connectivity index (χ2v) is 10.1. The summed E-state index contributed by atoms with van der Waals surface area (Å²) in [5.41, 5.74) is 0.769. The number of aryl methyl sites for hydroxylation is 2. The van der Waals surface area contributed by atoms with Crippen LogP contribution in [0, 0.1) is 24.0 Å². The van der Waals surface area contributed by atoms with Crippen molar-refractivity contribution < 1.29 is 26.5 Å². The topological polar surface area (TPSA) is 170 Å². The monoisotopic (exact) mass is 493 g/mol. The van der Waals surface area contributed by atoms with Crippen LogP contribution in [-0.2, 0) is 20.0 Å². The molecule has 2 aromatic carbocycles. The van der Waals surface area contributed by atoms with Gasteiger partial charge in [0.25, 0.3) is 25.7 Å². The van der Waals surface area contributed by atoms with Crippen molar-refractivity contribution >= 4 is 37.4 Å². The van der Waals surface area contributed by atoms with Crippen LogP contribution < -0.4 is 14.2 Å². The number of hydrogen-bond acceptors (Lipinski definition) is 9. The van der Waals surface area contributed by atoms with Crippen LogP contribution in [0.5, 0.6) is 5.75 Å². The molecule has 3 rings (SSSR count). The molecule has 0 bridgehead atoms. The van der Waals surface area contributed by atoms with Gasteiger partial charge in [0.1, 0.15) is 10.6 Å². The number of hydrogen-bond donors (Lipinski definition) is 2. The summed E-state index contributed by atoms with van der Waals surface area (Å²) in [4.78, 5) is 17.7. The molecule has 0 aliphatic carbocycles. The van der Waals surface area contributed by atoms with Crippen molar-refractivity contribution in [1.82, 2.24) is 9.97 Å². The zero-order valence-electron chi connectivity index (χ0n) is 17.6. The Balaban J connectivity index is 1.86. The van der Waals surface area contributed by atoms with Gasteiger partial charge in [-0.15, -0.1) is 0 Å². The van der Waals surface area contributed by atoms with Gasteiger partial charge in [0.05, 0.1) is 16.9 Å². The first-order valence-corrected chi connectivity index (χ1v) is 12.2. The van der Waals surface area contributed by atoms with E-state index in [0.29, 0.717) is 11.4 Å². The van der Waals surface area contributed by atoms with Gasteiger partial charge in [-0.1, -0.05) is 0 Å². The minimum Gasteiger partial charge on any atom is -0.495 e. The van der Waals surface area contributed by atoms with Crippen LogP contribution >= 0.6 is 0 Å². The molecule has 33 heavy (non-hydrogen) atoms. The van der Waals surface area contributed by atoms with Crippen LogP contribution in [0.1, 0.15) is 11.4 Å². The zero-order chi connectivity index (χ0) is 24.4.